The zero-order valence-electron chi connectivity index (χ0n) is 9.74. The Kier molecular flexibility index (Phi) is 8.91. The van der Waals surface area contributed by atoms with Crippen LogP contribution in [-0.4, -0.2) is 24.4 Å². The number of hydrogen-bond acceptors (Lipinski definition) is 4. The molecule has 1 unspecified atom stereocenters. The molecule has 0 fully saturated rings. The van der Waals surface area contributed by atoms with Crippen molar-refractivity contribution in [3.8, 4) is 0 Å². The molecule has 0 bridgehead atoms. The molecule has 90 valence electrons. The smallest absolute Gasteiger partial charge is 0.323 e. The van der Waals surface area contributed by atoms with Crippen molar-refractivity contribution in [3.63, 3.8) is 0 Å². The molecule has 0 aromatic rings. The SMILES string of the molecule is CCCCC(CC)COC(=O)[C@H](N)CS. The van der Waals surface area contributed by atoms with Gasteiger partial charge in [0.15, 0.2) is 0 Å². The summed E-state index contributed by atoms with van der Waals surface area (Å²) >= 11 is 3.95. The Labute approximate surface area is 98.2 Å². The summed E-state index contributed by atoms with van der Waals surface area (Å²) in [5.41, 5.74) is 5.49. The second-order valence-electron chi connectivity index (χ2n) is 3.84. The third-order valence-electron chi connectivity index (χ3n) is 2.50. The van der Waals surface area contributed by atoms with Crippen molar-refractivity contribution in [2.75, 3.05) is 12.4 Å². The Bertz CT molecular complexity index is 176. The van der Waals surface area contributed by atoms with Crippen molar-refractivity contribution in [1.82, 2.24) is 0 Å². The van der Waals surface area contributed by atoms with Crippen molar-refractivity contribution >= 4 is 18.6 Å². The van der Waals surface area contributed by atoms with Gasteiger partial charge in [-0.3, -0.25) is 4.79 Å². The van der Waals surface area contributed by atoms with E-state index in [-0.39, 0.29) is 5.97 Å². The van der Waals surface area contributed by atoms with Crippen LogP contribution in [0.1, 0.15) is 39.5 Å². The number of rotatable bonds is 8. The zero-order valence-corrected chi connectivity index (χ0v) is 10.6. The summed E-state index contributed by atoms with van der Waals surface area (Å²) in [5.74, 6) is 0.478. The molecule has 4 heteroatoms. The molecule has 0 aromatic heterocycles. The van der Waals surface area contributed by atoms with Gasteiger partial charge in [0, 0.05) is 5.75 Å². The van der Waals surface area contributed by atoms with E-state index >= 15 is 0 Å². The van der Waals surface area contributed by atoms with Crippen LogP contribution in [0.5, 0.6) is 0 Å². The second-order valence-corrected chi connectivity index (χ2v) is 4.20. The minimum Gasteiger partial charge on any atom is -0.464 e. The Hall–Kier alpha value is -0.220. The zero-order chi connectivity index (χ0) is 11.7. The van der Waals surface area contributed by atoms with Gasteiger partial charge < -0.3 is 10.5 Å². The molecular formula is C11H23NO2S. The lowest BCUT2D eigenvalue weighted by molar-refractivity contribution is -0.146. The predicted octanol–water partition coefficient (Wildman–Crippen LogP) is 2.00. The van der Waals surface area contributed by atoms with Crippen LogP contribution in [-0.2, 0) is 9.53 Å². The fraction of sp³-hybridized carbons (Fsp3) is 0.909. The van der Waals surface area contributed by atoms with Gasteiger partial charge in [-0.25, -0.2) is 0 Å². The predicted molar refractivity (Wildman–Crippen MR) is 66.1 cm³/mol. The highest BCUT2D eigenvalue weighted by molar-refractivity contribution is 7.80. The maximum atomic E-state index is 11.3. The Morgan fingerprint density at radius 3 is 2.60 bits per heavy atom. The number of carbonyl (C=O) groups excluding carboxylic acids is 1. The quantitative estimate of drug-likeness (QED) is 0.498. The van der Waals surface area contributed by atoms with Crippen LogP contribution in [0.25, 0.3) is 0 Å². The van der Waals surface area contributed by atoms with E-state index in [1.54, 1.807) is 0 Å². The molecule has 0 rings (SSSR count). The summed E-state index contributed by atoms with van der Waals surface area (Å²) in [6.45, 7) is 4.78. The normalized spacial score (nSPS) is 14.7. The number of hydrogen-bond donors (Lipinski definition) is 2. The molecule has 2 atom stereocenters. The van der Waals surface area contributed by atoms with E-state index in [0.29, 0.717) is 18.3 Å². The van der Waals surface area contributed by atoms with Gasteiger partial charge in [0.1, 0.15) is 6.04 Å². The minimum absolute atomic E-state index is 0.333. The summed E-state index contributed by atoms with van der Waals surface area (Å²) in [6, 6.07) is -0.586. The van der Waals surface area contributed by atoms with Gasteiger partial charge in [-0.1, -0.05) is 33.1 Å². The van der Waals surface area contributed by atoms with Crippen molar-refractivity contribution in [2.45, 2.75) is 45.6 Å². The van der Waals surface area contributed by atoms with Gasteiger partial charge in [0.2, 0.25) is 0 Å². The standard InChI is InChI=1S/C11H23NO2S/c1-3-5-6-9(4-2)7-14-11(13)10(12)8-15/h9-10,15H,3-8,12H2,1-2H3/t9?,10-/m1/s1. The molecule has 0 spiro atoms. The molecule has 0 aromatic carbocycles. The lowest BCUT2D eigenvalue weighted by atomic mass is 10.0. The van der Waals surface area contributed by atoms with Crippen molar-refractivity contribution < 1.29 is 9.53 Å². The number of thiol groups is 1. The largest absolute Gasteiger partial charge is 0.464 e. The Morgan fingerprint density at radius 1 is 1.47 bits per heavy atom. The van der Waals surface area contributed by atoms with Gasteiger partial charge in [-0.05, 0) is 12.3 Å². The summed E-state index contributed by atoms with van der Waals surface area (Å²) < 4.78 is 5.13. The highest BCUT2D eigenvalue weighted by atomic mass is 32.1. The van der Waals surface area contributed by atoms with Crippen LogP contribution >= 0.6 is 12.6 Å². The summed E-state index contributed by atoms with van der Waals surface area (Å²) in [6.07, 6.45) is 4.54. The fourth-order valence-corrected chi connectivity index (χ4v) is 1.43. The molecule has 0 saturated carbocycles. The number of unbranched alkanes of at least 4 members (excludes halogenated alkanes) is 1. The highest BCUT2D eigenvalue weighted by Crippen LogP contribution is 2.13. The van der Waals surface area contributed by atoms with Crippen LogP contribution in [0.3, 0.4) is 0 Å². The van der Waals surface area contributed by atoms with E-state index in [2.05, 4.69) is 26.5 Å². The minimum atomic E-state index is -0.586. The maximum Gasteiger partial charge on any atom is 0.323 e. The van der Waals surface area contributed by atoms with Gasteiger partial charge >= 0.3 is 5.97 Å². The summed E-state index contributed by atoms with van der Waals surface area (Å²) in [5, 5.41) is 0. The molecular weight excluding hydrogens is 210 g/mol. The summed E-state index contributed by atoms with van der Waals surface area (Å²) in [7, 11) is 0. The molecule has 15 heavy (non-hydrogen) atoms. The molecule has 0 heterocycles. The first-order valence-corrected chi connectivity index (χ1v) is 6.31. The van der Waals surface area contributed by atoms with E-state index in [1.165, 1.54) is 12.8 Å². The van der Waals surface area contributed by atoms with Crippen LogP contribution in [0.15, 0.2) is 0 Å². The highest BCUT2D eigenvalue weighted by Gasteiger charge is 2.15. The monoisotopic (exact) mass is 233 g/mol. The fourth-order valence-electron chi connectivity index (χ4n) is 1.28. The molecule has 0 aliphatic rings. The number of ether oxygens (including phenoxy) is 1. The number of esters is 1. The average molecular weight is 233 g/mol. The van der Waals surface area contributed by atoms with E-state index in [1.807, 2.05) is 0 Å². The van der Waals surface area contributed by atoms with Crippen LogP contribution in [0.2, 0.25) is 0 Å². The maximum absolute atomic E-state index is 11.3. The molecule has 0 aliphatic carbocycles. The molecule has 0 saturated heterocycles. The van der Waals surface area contributed by atoms with Gasteiger partial charge in [0.25, 0.3) is 0 Å². The second kappa shape index (κ2) is 9.04. The average Bonchev–Trinajstić information content (AvgIpc) is 2.27. The lowest BCUT2D eigenvalue weighted by Gasteiger charge is -2.16. The summed E-state index contributed by atoms with van der Waals surface area (Å²) in [4.78, 5) is 11.3. The topological polar surface area (TPSA) is 52.3 Å². The third-order valence-corrected chi connectivity index (χ3v) is 2.90. The van der Waals surface area contributed by atoms with Crippen LogP contribution < -0.4 is 5.73 Å². The van der Waals surface area contributed by atoms with Gasteiger partial charge in [0.05, 0.1) is 6.61 Å². The van der Waals surface area contributed by atoms with Gasteiger partial charge in [-0.2, -0.15) is 12.6 Å². The van der Waals surface area contributed by atoms with E-state index in [4.69, 9.17) is 10.5 Å². The molecule has 3 nitrogen and oxygen atoms in total. The Morgan fingerprint density at radius 2 is 2.13 bits per heavy atom. The first-order chi connectivity index (χ1) is 7.15. The Balaban J connectivity index is 3.74. The van der Waals surface area contributed by atoms with E-state index < -0.39 is 6.04 Å². The van der Waals surface area contributed by atoms with Crippen molar-refractivity contribution in [1.29, 1.82) is 0 Å². The van der Waals surface area contributed by atoms with E-state index in [9.17, 15) is 4.79 Å². The third kappa shape index (κ3) is 6.79. The number of nitrogens with two attached hydrogens (primary N) is 1. The first-order valence-electron chi connectivity index (χ1n) is 5.68. The molecule has 0 amide bonds. The molecule has 2 N–H and O–H groups in total. The lowest BCUT2D eigenvalue weighted by Crippen LogP contribution is -2.34. The van der Waals surface area contributed by atoms with Crippen LogP contribution in [0.4, 0.5) is 0 Å². The number of carbonyl (C=O) groups is 1. The first kappa shape index (κ1) is 14.8. The van der Waals surface area contributed by atoms with E-state index in [0.717, 1.165) is 12.8 Å². The van der Waals surface area contributed by atoms with Crippen molar-refractivity contribution in [3.05, 3.63) is 0 Å². The molecule has 0 aliphatic heterocycles. The molecule has 0 radical (unpaired) electrons. The van der Waals surface area contributed by atoms with Gasteiger partial charge in [-0.15, -0.1) is 0 Å². The van der Waals surface area contributed by atoms with Crippen LogP contribution in [0, 0.1) is 5.92 Å². The van der Waals surface area contributed by atoms with Crippen molar-refractivity contribution in [2.24, 2.45) is 11.7 Å².